The molecule has 1 N–H and O–H groups in total. The van der Waals surface area contributed by atoms with Gasteiger partial charge >= 0.3 is 6.09 Å². The van der Waals surface area contributed by atoms with E-state index >= 15 is 0 Å². The van der Waals surface area contributed by atoms with Crippen molar-refractivity contribution in [3.63, 3.8) is 0 Å². The van der Waals surface area contributed by atoms with Crippen LogP contribution in [0.5, 0.6) is 0 Å². The molecule has 2 atom stereocenters. The Bertz CT molecular complexity index is 467. The number of hydrogen-bond acceptors (Lipinski definition) is 3. The van der Waals surface area contributed by atoms with Crippen molar-refractivity contribution in [1.29, 1.82) is 0 Å². The Labute approximate surface area is 127 Å². The topological polar surface area (TPSA) is 41.6 Å². The second-order valence-corrected chi connectivity index (χ2v) is 6.84. The first-order chi connectivity index (χ1) is 9.83. The molecule has 0 spiro atoms. The Morgan fingerprint density at radius 2 is 2.00 bits per heavy atom. The first-order valence-electron chi connectivity index (χ1n) is 7.61. The number of rotatable bonds is 3. The summed E-state index contributed by atoms with van der Waals surface area (Å²) in [6, 6.07) is 11.1. The number of nitrogens with one attached hydrogen (secondary N) is 1. The van der Waals surface area contributed by atoms with Gasteiger partial charge in [0, 0.05) is 25.2 Å². The summed E-state index contributed by atoms with van der Waals surface area (Å²) in [5.74, 6) is 0. The van der Waals surface area contributed by atoms with Gasteiger partial charge in [-0.15, -0.1) is 0 Å². The van der Waals surface area contributed by atoms with E-state index in [1.165, 1.54) is 5.56 Å². The molecule has 0 bridgehead atoms. The second-order valence-electron chi connectivity index (χ2n) is 6.84. The number of nitrogens with zero attached hydrogens (tertiary/aromatic N) is 1. The third-order valence-corrected chi connectivity index (χ3v) is 3.65. The molecule has 1 saturated heterocycles. The minimum Gasteiger partial charge on any atom is -0.444 e. The summed E-state index contributed by atoms with van der Waals surface area (Å²) in [5, 5.41) is 2.98. The summed E-state index contributed by atoms with van der Waals surface area (Å²) in [4.78, 5) is 14.2. The van der Waals surface area contributed by atoms with Gasteiger partial charge < -0.3 is 10.1 Å². The number of ether oxygens (including phenoxy) is 1. The van der Waals surface area contributed by atoms with Crippen molar-refractivity contribution >= 4 is 6.09 Å². The molecule has 2 rings (SSSR count). The molecule has 4 nitrogen and oxygen atoms in total. The van der Waals surface area contributed by atoms with Gasteiger partial charge in [0.1, 0.15) is 5.60 Å². The Morgan fingerprint density at radius 1 is 1.33 bits per heavy atom. The Kier molecular flexibility index (Phi) is 4.88. The van der Waals surface area contributed by atoms with Crippen molar-refractivity contribution in [1.82, 2.24) is 10.2 Å². The molecule has 116 valence electrons. The molecule has 0 aliphatic carbocycles. The zero-order chi connectivity index (χ0) is 15.5. The third kappa shape index (κ3) is 5.05. The molecule has 1 amide bonds. The lowest BCUT2D eigenvalue weighted by atomic mass is 10.2. The molecule has 1 heterocycles. The first-order valence-corrected chi connectivity index (χ1v) is 7.61. The van der Waals surface area contributed by atoms with Gasteiger partial charge in [0.15, 0.2) is 0 Å². The van der Waals surface area contributed by atoms with Gasteiger partial charge in [-0.25, -0.2) is 4.79 Å². The summed E-state index contributed by atoms with van der Waals surface area (Å²) in [6.07, 6.45) is 0.646. The maximum atomic E-state index is 11.8. The largest absolute Gasteiger partial charge is 0.444 e. The molecule has 0 saturated carbocycles. The van der Waals surface area contributed by atoms with E-state index in [9.17, 15) is 4.79 Å². The molecule has 1 fully saturated rings. The van der Waals surface area contributed by atoms with Crippen LogP contribution in [0.2, 0.25) is 0 Å². The zero-order valence-electron chi connectivity index (χ0n) is 13.4. The zero-order valence-corrected chi connectivity index (χ0v) is 13.4. The van der Waals surface area contributed by atoms with Crippen molar-refractivity contribution in [2.45, 2.75) is 58.3 Å². The number of hydrogen-bond donors (Lipinski definition) is 1. The number of amides is 1. The van der Waals surface area contributed by atoms with Gasteiger partial charge in [-0.05, 0) is 39.7 Å². The van der Waals surface area contributed by atoms with Gasteiger partial charge in [-0.1, -0.05) is 30.3 Å². The highest BCUT2D eigenvalue weighted by atomic mass is 16.6. The fourth-order valence-electron chi connectivity index (χ4n) is 2.72. The van der Waals surface area contributed by atoms with E-state index in [1.807, 2.05) is 26.8 Å². The molecule has 1 aromatic rings. The quantitative estimate of drug-likeness (QED) is 0.929. The molecule has 1 aliphatic heterocycles. The van der Waals surface area contributed by atoms with E-state index in [1.54, 1.807) is 0 Å². The highest BCUT2D eigenvalue weighted by molar-refractivity contribution is 5.68. The van der Waals surface area contributed by atoms with Crippen LogP contribution in [-0.2, 0) is 11.3 Å². The van der Waals surface area contributed by atoms with Gasteiger partial charge in [0.2, 0.25) is 0 Å². The van der Waals surface area contributed by atoms with E-state index < -0.39 is 5.60 Å². The Hall–Kier alpha value is -1.55. The van der Waals surface area contributed by atoms with Crippen molar-refractivity contribution < 1.29 is 9.53 Å². The van der Waals surface area contributed by atoms with Crippen LogP contribution in [0.15, 0.2) is 30.3 Å². The van der Waals surface area contributed by atoms with E-state index in [0.717, 1.165) is 19.5 Å². The summed E-state index contributed by atoms with van der Waals surface area (Å²) < 4.78 is 5.32. The van der Waals surface area contributed by atoms with Crippen molar-refractivity contribution in [2.75, 3.05) is 6.54 Å². The van der Waals surface area contributed by atoms with Crippen LogP contribution in [0.3, 0.4) is 0 Å². The summed E-state index contributed by atoms with van der Waals surface area (Å²) in [6.45, 7) is 9.65. The number of benzene rings is 1. The molecule has 1 aliphatic rings. The normalized spacial score (nSPS) is 23.0. The predicted octanol–water partition coefficient (Wildman–Crippen LogP) is 3.17. The average molecular weight is 290 g/mol. The number of alkyl carbamates (subject to hydrolysis) is 1. The Balaban J connectivity index is 1.85. The lowest BCUT2D eigenvalue weighted by molar-refractivity contribution is 0.0506. The van der Waals surface area contributed by atoms with Gasteiger partial charge in [-0.2, -0.15) is 0 Å². The summed E-state index contributed by atoms with van der Waals surface area (Å²) >= 11 is 0. The highest BCUT2D eigenvalue weighted by Gasteiger charge is 2.31. The minimum atomic E-state index is -0.446. The minimum absolute atomic E-state index is 0.165. The lowest BCUT2D eigenvalue weighted by Crippen LogP contribution is -2.40. The summed E-state index contributed by atoms with van der Waals surface area (Å²) in [7, 11) is 0. The number of carbonyl (C=O) groups excluding carboxylic acids is 1. The summed E-state index contributed by atoms with van der Waals surface area (Å²) in [5.41, 5.74) is 0.861. The number of likely N-dealkylation sites (tertiary alicyclic amines) is 1. The van der Waals surface area contributed by atoms with Crippen LogP contribution in [0.1, 0.15) is 39.7 Å². The molecule has 0 aromatic heterocycles. The molecule has 21 heavy (non-hydrogen) atoms. The van der Waals surface area contributed by atoms with Crippen LogP contribution in [0, 0.1) is 0 Å². The molecular weight excluding hydrogens is 264 g/mol. The second kappa shape index (κ2) is 6.48. The average Bonchev–Trinajstić information content (AvgIpc) is 2.68. The van der Waals surface area contributed by atoms with Crippen LogP contribution < -0.4 is 5.32 Å². The third-order valence-electron chi connectivity index (χ3n) is 3.65. The molecule has 1 aromatic carbocycles. The van der Waals surface area contributed by atoms with E-state index in [2.05, 4.69) is 41.4 Å². The number of carbonyl (C=O) groups is 1. The maximum absolute atomic E-state index is 11.8. The maximum Gasteiger partial charge on any atom is 0.407 e. The smallest absolute Gasteiger partial charge is 0.407 e. The molecule has 0 radical (unpaired) electrons. The first kappa shape index (κ1) is 15.8. The van der Waals surface area contributed by atoms with E-state index in [4.69, 9.17) is 4.74 Å². The van der Waals surface area contributed by atoms with Gasteiger partial charge in [0.25, 0.3) is 0 Å². The fraction of sp³-hybridized carbons (Fsp3) is 0.588. The molecule has 4 heteroatoms. The van der Waals surface area contributed by atoms with Crippen molar-refractivity contribution in [3.8, 4) is 0 Å². The highest BCUT2D eigenvalue weighted by Crippen LogP contribution is 2.20. The van der Waals surface area contributed by atoms with Crippen molar-refractivity contribution in [2.24, 2.45) is 0 Å². The fourth-order valence-corrected chi connectivity index (χ4v) is 2.72. The van der Waals surface area contributed by atoms with E-state index in [0.29, 0.717) is 6.04 Å². The van der Waals surface area contributed by atoms with Gasteiger partial charge in [-0.3, -0.25) is 4.90 Å². The standard InChI is InChI=1S/C17H26N2O2/c1-13-10-15(18-16(20)21-17(2,3)4)12-19(13)11-14-8-6-5-7-9-14/h5-9,13,15H,10-12H2,1-4H3,(H,18,20). The van der Waals surface area contributed by atoms with Crippen LogP contribution in [0.25, 0.3) is 0 Å². The monoisotopic (exact) mass is 290 g/mol. The Morgan fingerprint density at radius 3 is 2.62 bits per heavy atom. The van der Waals surface area contributed by atoms with Crippen LogP contribution >= 0.6 is 0 Å². The van der Waals surface area contributed by atoms with Crippen molar-refractivity contribution in [3.05, 3.63) is 35.9 Å². The van der Waals surface area contributed by atoms with Crippen LogP contribution in [-0.4, -0.2) is 35.2 Å². The SMILES string of the molecule is CC1CC(NC(=O)OC(C)(C)C)CN1Cc1ccccc1. The lowest BCUT2D eigenvalue weighted by Gasteiger charge is -2.22. The predicted molar refractivity (Wildman–Crippen MR) is 84.1 cm³/mol. The molecular formula is C17H26N2O2. The van der Waals surface area contributed by atoms with Gasteiger partial charge in [0.05, 0.1) is 0 Å². The van der Waals surface area contributed by atoms with E-state index in [-0.39, 0.29) is 12.1 Å². The molecule has 2 unspecified atom stereocenters. The van der Waals surface area contributed by atoms with Crippen LogP contribution in [0.4, 0.5) is 4.79 Å².